The highest BCUT2D eigenvalue weighted by Crippen LogP contribution is 2.33. The maximum absolute atomic E-state index is 12.3. The van der Waals surface area contributed by atoms with E-state index < -0.39 is 11.8 Å². The van der Waals surface area contributed by atoms with Crippen molar-refractivity contribution in [3.8, 4) is 11.5 Å². The largest absolute Gasteiger partial charge is 0.493 e. The number of anilines is 1. The van der Waals surface area contributed by atoms with E-state index in [-0.39, 0.29) is 19.1 Å². The first kappa shape index (κ1) is 29.9. The summed E-state index contributed by atoms with van der Waals surface area (Å²) in [4.78, 5) is 36.5. The summed E-state index contributed by atoms with van der Waals surface area (Å²) in [5.41, 5.74) is 5.43. The van der Waals surface area contributed by atoms with Crippen LogP contribution in [0.2, 0.25) is 5.02 Å². The van der Waals surface area contributed by atoms with Crippen molar-refractivity contribution in [1.82, 2.24) is 10.7 Å². The number of rotatable bonds is 10. The molecule has 0 aliphatic heterocycles. The first-order valence-electron chi connectivity index (χ1n) is 11.9. The number of nitrogens with one attached hydrogen (secondary N) is 3. The lowest BCUT2D eigenvalue weighted by Crippen LogP contribution is -2.37. The minimum absolute atomic E-state index is 0.225. The lowest BCUT2D eigenvalue weighted by Gasteiger charge is -2.13. The van der Waals surface area contributed by atoms with E-state index in [0.29, 0.717) is 37.3 Å². The van der Waals surface area contributed by atoms with Gasteiger partial charge in [-0.05, 0) is 75.5 Å². The number of hydrogen-bond donors (Lipinski definition) is 3. The Morgan fingerprint density at radius 3 is 2.46 bits per heavy atom. The van der Waals surface area contributed by atoms with E-state index in [4.69, 9.17) is 21.1 Å². The highest BCUT2D eigenvalue weighted by Gasteiger charge is 2.15. The van der Waals surface area contributed by atoms with Gasteiger partial charge in [0.25, 0.3) is 5.91 Å². The topological polar surface area (TPSA) is 118 Å². The third kappa shape index (κ3) is 9.25. The molecule has 0 spiro atoms. The van der Waals surface area contributed by atoms with Crippen LogP contribution in [0.5, 0.6) is 11.5 Å². The lowest BCUT2D eigenvalue weighted by atomic mass is 10.0. The summed E-state index contributed by atoms with van der Waals surface area (Å²) < 4.78 is 11.7. The van der Waals surface area contributed by atoms with Crippen LogP contribution in [0.25, 0.3) is 0 Å². The average molecular weight is 663 g/mol. The Hall–Kier alpha value is -3.64. The van der Waals surface area contributed by atoms with Gasteiger partial charge in [-0.2, -0.15) is 5.10 Å². The van der Waals surface area contributed by atoms with Gasteiger partial charge in [-0.25, -0.2) is 5.43 Å². The zero-order valence-corrected chi connectivity index (χ0v) is 24.5. The number of methoxy groups -OCH3 is 1. The maximum atomic E-state index is 12.3. The van der Waals surface area contributed by atoms with Gasteiger partial charge in [0.15, 0.2) is 18.1 Å². The molecule has 0 atom stereocenters. The second kappa shape index (κ2) is 14.5. The molecule has 3 aromatic rings. The van der Waals surface area contributed by atoms with Crippen LogP contribution in [0, 0.1) is 3.57 Å². The minimum atomic E-state index is -0.891. The molecule has 0 aliphatic rings. The van der Waals surface area contributed by atoms with E-state index >= 15 is 0 Å². The van der Waals surface area contributed by atoms with E-state index in [1.807, 2.05) is 46.9 Å². The third-order valence-corrected chi connectivity index (χ3v) is 6.43. The molecule has 0 aliphatic carbocycles. The first-order chi connectivity index (χ1) is 18.7. The summed E-state index contributed by atoms with van der Waals surface area (Å²) in [6, 6.07) is 18.0. The SMILES string of the molecule is COc1cc(/C=N\NC(=O)C(=O)NCc2ccc(C(C)C)cc2)cc(I)c1OCC(=O)Nc1cccc(Cl)c1. The monoisotopic (exact) mass is 662 g/mol. The summed E-state index contributed by atoms with van der Waals surface area (Å²) in [5, 5.41) is 9.65. The molecule has 0 heterocycles. The number of carbonyl (C=O) groups is 3. The van der Waals surface area contributed by atoms with Crippen LogP contribution in [-0.2, 0) is 20.9 Å². The predicted molar refractivity (Wildman–Crippen MR) is 159 cm³/mol. The van der Waals surface area contributed by atoms with Crippen LogP contribution in [0.1, 0.15) is 36.5 Å². The highest BCUT2D eigenvalue weighted by molar-refractivity contribution is 14.1. The molecule has 0 unspecified atom stereocenters. The molecule has 39 heavy (non-hydrogen) atoms. The Morgan fingerprint density at radius 2 is 1.79 bits per heavy atom. The van der Waals surface area contributed by atoms with Crippen molar-refractivity contribution >= 4 is 63.8 Å². The van der Waals surface area contributed by atoms with E-state index in [0.717, 1.165) is 5.56 Å². The Balaban J connectivity index is 1.52. The molecule has 0 saturated heterocycles. The highest BCUT2D eigenvalue weighted by atomic mass is 127. The van der Waals surface area contributed by atoms with Gasteiger partial charge in [0.1, 0.15) is 0 Å². The van der Waals surface area contributed by atoms with Crippen LogP contribution in [0.3, 0.4) is 0 Å². The Kier molecular flexibility index (Phi) is 11.1. The fourth-order valence-electron chi connectivity index (χ4n) is 3.35. The molecule has 0 fully saturated rings. The quantitative estimate of drug-likeness (QED) is 0.124. The van der Waals surface area contributed by atoms with E-state index in [1.165, 1.54) is 18.9 Å². The second-order valence-electron chi connectivity index (χ2n) is 8.66. The Morgan fingerprint density at radius 1 is 1.05 bits per heavy atom. The molecule has 3 amide bonds. The summed E-state index contributed by atoms with van der Waals surface area (Å²) in [6.45, 7) is 4.18. The molecule has 0 radical (unpaired) electrons. The van der Waals surface area contributed by atoms with Gasteiger partial charge in [-0.3, -0.25) is 14.4 Å². The van der Waals surface area contributed by atoms with Crippen molar-refractivity contribution in [2.24, 2.45) is 5.10 Å². The Bertz CT molecular complexity index is 1360. The molecule has 204 valence electrons. The fraction of sp³-hybridized carbons (Fsp3) is 0.214. The molecular formula is C28H28ClIN4O5. The van der Waals surface area contributed by atoms with Crippen molar-refractivity contribution in [2.75, 3.05) is 19.0 Å². The fourth-order valence-corrected chi connectivity index (χ4v) is 4.33. The number of nitrogens with zero attached hydrogens (tertiary/aromatic N) is 1. The van der Waals surface area contributed by atoms with Gasteiger partial charge in [-0.15, -0.1) is 0 Å². The van der Waals surface area contributed by atoms with Gasteiger partial charge in [0.05, 0.1) is 16.9 Å². The summed E-state index contributed by atoms with van der Waals surface area (Å²) in [6.07, 6.45) is 1.37. The van der Waals surface area contributed by atoms with E-state index in [2.05, 4.69) is 35.0 Å². The van der Waals surface area contributed by atoms with E-state index in [1.54, 1.807) is 36.4 Å². The molecular weight excluding hydrogens is 635 g/mol. The summed E-state index contributed by atoms with van der Waals surface area (Å²) in [7, 11) is 1.47. The molecule has 3 N–H and O–H groups in total. The standard InChI is InChI=1S/C28H28ClIN4O5/c1-17(2)20-9-7-18(8-10-20)14-31-27(36)28(37)34-32-15-19-11-23(30)26(24(12-19)38-3)39-16-25(35)33-22-6-4-5-21(29)13-22/h4-13,15,17H,14,16H2,1-3H3,(H,31,36)(H,33,35)(H,34,37)/b32-15-. The molecule has 3 rings (SSSR count). The first-order valence-corrected chi connectivity index (χ1v) is 13.4. The third-order valence-electron chi connectivity index (χ3n) is 5.39. The van der Waals surface area contributed by atoms with Crippen molar-refractivity contribution in [2.45, 2.75) is 26.3 Å². The van der Waals surface area contributed by atoms with Gasteiger partial charge in [0, 0.05) is 17.3 Å². The predicted octanol–water partition coefficient (Wildman–Crippen LogP) is 4.86. The molecule has 0 bridgehead atoms. The number of ether oxygens (including phenoxy) is 2. The van der Waals surface area contributed by atoms with Crippen molar-refractivity contribution in [1.29, 1.82) is 0 Å². The number of benzene rings is 3. The van der Waals surface area contributed by atoms with Crippen LogP contribution >= 0.6 is 34.2 Å². The summed E-state index contributed by atoms with van der Waals surface area (Å²) >= 11 is 7.98. The average Bonchev–Trinajstić information content (AvgIpc) is 2.91. The second-order valence-corrected chi connectivity index (χ2v) is 10.3. The number of amides is 3. The maximum Gasteiger partial charge on any atom is 0.329 e. The van der Waals surface area contributed by atoms with Gasteiger partial charge in [0.2, 0.25) is 0 Å². The molecule has 0 aromatic heterocycles. The van der Waals surface area contributed by atoms with Crippen molar-refractivity contribution in [3.63, 3.8) is 0 Å². The number of carbonyl (C=O) groups excluding carboxylic acids is 3. The smallest absolute Gasteiger partial charge is 0.329 e. The van der Waals surface area contributed by atoms with Gasteiger partial charge < -0.3 is 20.1 Å². The van der Waals surface area contributed by atoms with Gasteiger partial charge in [-0.1, -0.05) is 55.8 Å². The number of hydrogen-bond acceptors (Lipinski definition) is 6. The van der Waals surface area contributed by atoms with Crippen LogP contribution in [-0.4, -0.2) is 37.7 Å². The molecule has 9 nitrogen and oxygen atoms in total. The molecule has 11 heteroatoms. The van der Waals surface area contributed by atoms with Crippen LogP contribution in [0.4, 0.5) is 5.69 Å². The van der Waals surface area contributed by atoms with E-state index in [9.17, 15) is 14.4 Å². The molecule has 3 aromatic carbocycles. The molecule has 0 saturated carbocycles. The summed E-state index contributed by atoms with van der Waals surface area (Å²) in [5.74, 6) is -0.900. The van der Waals surface area contributed by atoms with Crippen LogP contribution < -0.4 is 25.5 Å². The number of halogens is 2. The zero-order chi connectivity index (χ0) is 28.4. The Labute approximate surface area is 245 Å². The normalized spacial score (nSPS) is 10.8. The van der Waals surface area contributed by atoms with Crippen LogP contribution in [0.15, 0.2) is 65.8 Å². The lowest BCUT2D eigenvalue weighted by molar-refractivity contribution is -0.139. The van der Waals surface area contributed by atoms with Gasteiger partial charge >= 0.3 is 11.8 Å². The number of hydrazone groups is 1. The zero-order valence-electron chi connectivity index (χ0n) is 21.6. The van der Waals surface area contributed by atoms with Crippen molar-refractivity contribution in [3.05, 3.63) is 85.9 Å². The van der Waals surface area contributed by atoms with Crippen molar-refractivity contribution < 1.29 is 23.9 Å². The minimum Gasteiger partial charge on any atom is -0.493 e.